The smallest absolute Gasteiger partial charge is 0.241 e. The predicted molar refractivity (Wildman–Crippen MR) is 117 cm³/mol. The number of fused-ring (bicyclic) bond motifs is 1. The molecule has 7 nitrogen and oxygen atoms in total. The number of nitrogens with zero attached hydrogens (tertiary/aromatic N) is 1. The lowest BCUT2D eigenvalue weighted by atomic mass is 9.89. The minimum Gasteiger partial charge on any atom is -0.497 e. The number of sulfonamides is 1. The van der Waals surface area contributed by atoms with Crippen LogP contribution in [0.3, 0.4) is 0 Å². The molecule has 1 aliphatic rings. The summed E-state index contributed by atoms with van der Waals surface area (Å²) < 4.78 is 37.1. The summed E-state index contributed by atoms with van der Waals surface area (Å²) in [6, 6.07) is 12.2. The Labute approximate surface area is 178 Å². The Morgan fingerprint density at radius 3 is 2.67 bits per heavy atom. The molecule has 2 aromatic rings. The van der Waals surface area contributed by atoms with Crippen LogP contribution in [0.2, 0.25) is 0 Å². The van der Waals surface area contributed by atoms with Crippen LogP contribution in [-0.4, -0.2) is 39.8 Å². The molecule has 0 fully saturated rings. The Bertz CT molecular complexity index is 1050. The number of rotatable bonds is 6. The molecule has 1 N–H and O–H groups in total. The molecule has 0 saturated heterocycles. The maximum absolute atomic E-state index is 12.9. The van der Waals surface area contributed by atoms with E-state index in [1.54, 1.807) is 24.3 Å². The van der Waals surface area contributed by atoms with E-state index < -0.39 is 21.5 Å². The molecular formula is C22H28N2O5S. The number of benzene rings is 2. The standard InChI is InChI=1S/C22H28N2O5S/c1-15-9-10-18-19(13-22(2,3)29-20(18)11-15)23-21(25)14-24(30(5,26)27)16-7-6-8-17(12-16)28-4/h6-12,19H,13-14H2,1-5H3,(H,23,25). The van der Waals surface area contributed by atoms with Crippen molar-refractivity contribution in [2.75, 3.05) is 24.2 Å². The van der Waals surface area contributed by atoms with E-state index in [-0.39, 0.29) is 12.6 Å². The Morgan fingerprint density at radius 2 is 2.00 bits per heavy atom. The van der Waals surface area contributed by atoms with Crippen LogP contribution in [0.4, 0.5) is 5.69 Å². The lowest BCUT2D eigenvalue weighted by Crippen LogP contribution is -2.45. The first-order chi connectivity index (χ1) is 14.0. The molecule has 0 spiro atoms. The summed E-state index contributed by atoms with van der Waals surface area (Å²) in [5.74, 6) is 0.860. The lowest BCUT2D eigenvalue weighted by Gasteiger charge is -2.38. The third kappa shape index (κ3) is 5.05. The molecule has 0 radical (unpaired) electrons. The first-order valence-electron chi connectivity index (χ1n) is 9.69. The number of ether oxygens (including phenoxy) is 2. The van der Waals surface area contributed by atoms with Crippen molar-refractivity contribution in [3.05, 3.63) is 53.6 Å². The zero-order valence-electron chi connectivity index (χ0n) is 17.9. The van der Waals surface area contributed by atoms with Crippen molar-refractivity contribution in [1.82, 2.24) is 5.32 Å². The SMILES string of the molecule is COc1cccc(N(CC(=O)NC2CC(C)(C)Oc3cc(C)ccc32)S(C)(=O)=O)c1. The van der Waals surface area contributed by atoms with Gasteiger partial charge in [-0.3, -0.25) is 9.10 Å². The number of anilines is 1. The molecule has 8 heteroatoms. The topological polar surface area (TPSA) is 84.9 Å². The largest absolute Gasteiger partial charge is 0.497 e. The molecule has 1 amide bonds. The number of hydrogen-bond donors (Lipinski definition) is 1. The van der Waals surface area contributed by atoms with Crippen LogP contribution < -0.4 is 19.1 Å². The highest BCUT2D eigenvalue weighted by Gasteiger charge is 2.35. The number of hydrogen-bond acceptors (Lipinski definition) is 5. The molecule has 30 heavy (non-hydrogen) atoms. The van der Waals surface area contributed by atoms with Gasteiger partial charge in [0.2, 0.25) is 15.9 Å². The summed E-state index contributed by atoms with van der Waals surface area (Å²) in [4.78, 5) is 12.9. The van der Waals surface area contributed by atoms with Gasteiger partial charge in [0.1, 0.15) is 23.6 Å². The molecule has 0 saturated carbocycles. The van der Waals surface area contributed by atoms with Gasteiger partial charge in [0, 0.05) is 18.1 Å². The Balaban J connectivity index is 1.84. The molecule has 1 aliphatic heterocycles. The highest BCUT2D eigenvalue weighted by atomic mass is 32.2. The normalized spacial score (nSPS) is 17.4. The predicted octanol–water partition coefficient (Wildman–Crippen LogP) is 3.19. The lowest BCUT2D eigenvalue weighted by molar-refractivity contribution is -0.120. The summed E-state index contributed by atoms with van der Waals surface area (Å²) in [6.07, 6.45) is 1.65. The van der Waals surface area contributed by atoms with Gasteiger partial charge in [-0.15, -0.1) is 0 Å². The van der Waals surface area contributed by atoms with Crippen LogP contribution in [0, 0.1) is 6.92 Å². The third-order valence-electron chi connectivity index (χ3n) is 4.99. The Morgan fingerprint density at radius 1 is 1.27 bits per heavy atom. The fourth-order valence-corrected chi connectivity index (χ4v) is 4.47. The molecule has 162 valence electrons. The molecule has 0 bridgehead atoms. The van der Waals surface area contributed by atoms with Gasteiger partial charge in [-0.05, 0) is 44.5 Å². The summed E-state index contributed by atoms with van der Waals surface area (Å²) in [7, 11) is -2.17. The van der Waals surface area contributed by atoms with Gasteiger partial charge in [0.05, 0.1) is 25.1 Å². The summed E-state index contributed by atoms with van der Waals surface area (Å²) in [6.45, 7) is 5.59. The van der Waals surface area contributed by atoms with Gasteiger partial charge in [-0.2, -0.15) is 0 Å². The molecule has 3 rings (SSSR count). The van der Waals surface area contributed by atoms with E-state index in [0.29, 0.717) is 17.9 Å². The second kappa shape index (κ2) is 8.18. The molecule has 2 aromatic carbocycles. The van der Waals surface area contributed by atoms with Crippen molar-refractivity contribution in [2.45, 2.75) is 38.8 Å². The van der Waals surface area contributed by atoms with Gasteiger partial charge < -0.3 is 14.8 Å². The highest BCUT2D eigenvalue weighted by Crippen LogP contribution is 2.39. The van der Waals surface area contributed by atoms with E-state index in [1.807, 2.05) is 39.0 Å². The fourth-order valence-electron chi connectivity index (χ4n) is 3.62. The molecular weight excluding hydrogens is 404 g/mol. The van der Waals surface area contributed by atoms with Gasteiger partial charge in [-0.25, -0.2) is 8.42 Å². The van der Waals surface area contributed by atoms with Crippen molar-refractivity contribution in [3.63, 3.8) is 0 Å². The van der Waals surface area contributed by atoms with Crippen molar-refractivity contribution in [1.29, 1.82) is 0 Å². The minimum atomic E-state index is -3.68. The number of aryl methyl sites for hydroxylation is 1. The average molecular weight is 433 g/mol. The average Bonchev–Trinajstić information content (AvgIpc) is 2.64. The first-order valence-corrected chi connectivity index (χ1v) is 11.5. The Kier molecular flexibility index (Phi) is 5.99. The van der Waals surface area contributed by atoms with Crippen molar-refractivity contribution in [2.24, 2.45) is 0 Å². The van der Waals surface area contributed by atoms with Crippen LogP contribution in [0.1, 0.15) is 37.4 Å². The van der Waals surface area contributed by atoms with E-state index in [4.69, 9.17) is 9.47 Å². The monoisotopic (exact) mass is 432 g/mol. The van der Waals surface area contributed by atoms with Gasteiger partial charge in [0.15, 0.2) is 0 Å². The zero-order valence-corrected chi connectivity index (χ0v) is 18.7. The summed E-state index contributed by atoms with van der Waals surface area (Å²) in [5.41, 5.74) is 1.87. The maximum atomic E-state index is 12.9. The second-order valence-electron chi connectivity index (χ2n) is 8.20. The van der Waals surface area contributed by atoms with Gasteiger partial charge in [0.25, 0.3) is 0 Å². The molecule has 0 aliphatic carbocycles. The second-order valence-corrected chi connectivity index (χ2v) is 10.1. The molecule has 0 aromatic heterocycles. The molecule has 1 heterocycles. The van der Waals surface area contributed by atoms with Gasteiger partial charge >= 0.3 is 0 Å². The summed E-state index contributed by atoms with van der Waals surface area (Å²) >= 11 is 0. The zero-order chi connectivity index (χ0) is 22.1. The van der Waals surface area contributed by atoms with E-state index in [0.717, 1.165) is 27.4 Å². The number of carbonyl (C=O) groups is 1. The van der Waals surface area contributed by atoms with E-state index >= 15 is 0 Å². The first kappa shape index (κ1) is 22.0. The number of nitrogens with one attached hydrogen (secondary N) is 1. The number of carbonyl (C=O) groups excluding carboxylic acids is 1. The van der Waals surface area contributed by atoms with Crippen LogP contribution in [-0.2, 0) is 14.8 Å². The highest BCUT2D eigenvalue weighted by molar-refractivity contribution is 7.92. The van der Waals surface area contributed by atoms with Gasteiger partial charge in [-0.1, -0.05) is 18.2 Å². The minimum absolute atomic E-state index is 0.274. The van der Waals surface area contributed by atoms with Crippen LogP contribution in [0.15, 0.2) is 42.5 Å². The fraction of sp³-hybridized carbons (Fsp3) is 0.409. The number of amides is 1. The van der Waals surface area contributed by atoms with E-state index in [2.05, 4.69) is 5.32 Å². The van der Waals surface area contributed by atoms with Crippen LogP contribution in [0.5, 0.6) is 11.5 Å². The van der Waals surface area contributed by atoms with Crippen molar-refractivity contribution >= 4 is 21.6 Å². The summed E-state index contributed by atoms with van der Waals surface area (Å²) in [5, 5.41) is 2.99. The van der Waals surface area contributed by atoms with E-state index in [9.17, 15) is 13.2 Å². The van der Waals surface area contributed by atoms with Crippen molar-refractivity contribution in [3.8, 4) is 11.5 Å². The van der Waals surface area contributed by atoms with E-state index in [1.165, 1.54) is 7.11 Å². The molecule has 1 atom stereocenters. The quantitative estimate of drug-likeness (QED) is 0.758. The van der Waals surface area contributed by atoms with Crippen LogP contribution >= 0.6 is 0 Å². The molecule has 1 unspecified atom stereocenters. The Hall–Kier alpha value is -2.74. The van der Waals surface area contributed by atoms with Crippen LogP contribution in [0.25, 0.3) is 0 Å². The maximum Gasteiger partial charge on any atom is 0.241 e. The number of methoxy groups -OCH3 is 1. The third-order valence-corrected chi connectivity index (χ3v) is 6.13. The van der Waals surface area contributed by atoms with Crippen molar-refractivity contribution < 1.29 is 22.7 Å².